The number of imidazole rings is 1. The molecule has 0 saturated carbocycles. The monoisotopic (exact) mass is 309 g/mol. The van der Waals surface area contributed by atoms with E-state index in [0.717, 1.165) is 42.3 Å². The fraction of sp³-hybridized carbons (Fsp3) is 0.562. The number of unbranched alkanes of at least 4 members (excludes halogenated alkanes) is 1. The number of halogens is 1. The molecule has 1 unspecified atom stereocenters. The Kier molecular flexibility index (Phi) is 5.48. The Labute approximate surface area is 131 Å². The van der Waals surface area contributed by atoms with E-state index in [2.05, 4.69) is 35.2 Å². The molecule has 0 radical (unpaired) electrons. The number of aromatic nitrogens is 2. The molecular formula is C16H24ClN3O. The molecule has 21 heavy (non-hydrogen) atoms. The van der Waals surface area contributed by atoms with E-state index in [0.29, 0.717) is 11.7 Å². The van der Waals surface area contributed by atoms with Crippen LogP contribution >= 0.6 is 11.6 Å². The second-order valence-corrected chi connectivity index (χ2v) is 5.89. The van der Waals surface area contributed by atoms with Crippen molar-refractivity contribution < 1.29 is 4.42 Å². The summed E-state index contributed by atoms with van der Waals surface area (Å²) in [7, 11) is 0. The summed E-state index contributed by atoms with van der Waals surface area (Å²) in [6.45, 7) is 8.92. The maximum Gasteiger partial charge on any atom is 0.151 e. The van der Waals surface area contributed by atoms with E-state index in [1.165, 1.54) is 5.56 Å². The summed E-state index contributed by atoms with van der Waals surface area (Å²) < 4.78 is 5.57. The van der Waals surface area contributed by atoms with Gasteiger partial charge in [0.2, 0.25) is 0 Å². The van der Waals surface area contributed by atoms with Gasteiger partial charge >= 0.3 is 0 Å². The van der Waals surface area contributed by atoms with Gasteiger partial charge in [-0.05, 0) is 33.3 Å². The highest BCUT2D eigenvalue weighted by Crippen LogP contribution is 2.22. The molecule has 0 amide bonds. The number of furan rings is 1. The van der Waals surface area contributed by atoms with Gasteiger partial charge in [-0.3, -0.25) is 0 Å². The molecule has 2 aromatic rings. The molecule has 1 atom stereocenters. The zero-order chi connectivity index (χ0) is 15.4. The zero-order valence-electron chi connectivity index (χ0n) is 13.2. The Morgan fingerprint density at radius 3 is 2.81 bits per heavy atom. The van der Waals surface area contributed by atoms with E-state index in [-0.39, 0.29) is 6.04 Å². The Morgan fingerprint density at radius 2 is 2.19 bits per heavy atom. The lowest BCUT2D eigenvalue weighted by Gasteiger charge is -2.12. The van der Waals surface area contributed by atoms with Crippen molar-refractivity contribution in [3.63, 3.8) is 0 Å². The summed E-state index contributed by atoms with van der Waals surface area (Å²) in [4.78, 5) is 7.69. The predicted molar refractivity (Wildman–Crippen MR) is 85.6 cm³/mol. The standard InChI is InChI=1S/C16H24ClN3O/c1-5-6-7-15-19-14(16(17)20-15)9-18-11(3)13-8-10(2)21-12(13)4/h8,11,18H,5-7,9H2,1-4H3,(H,19,20). The van der Waals surface area contributed by atoms with Gasteiger partial charge in [0.1, 0.15) is 17.3 Å². The van der Waals surface area contributed by atoms with Crippen molar-refractivity contribution in [2.75, 3.05) is 0 Å². The van der Waals surface area contributed by atoms with Gasteiger partial charge in [-0.25, -0.2) is 4.98 Å². The van der Waals surface area contributed by atoms with Gasteiger partial charge in [-0.1, -0.05) is 24.9 Å². The van der Waals surface area contributed by atoms with Crippen LogP contribution in [0, 0.1) is 13.8 Å². The smallest absolute Gasteiger partial charge is 0.151 e. The first kappa shape index (κ1) is 16.1. The Balaban J connectivity index is 1.96. The van der Waals surface area contributed by atoms with Crippen LogP contribution in [-0.2, 0) is 13.0 Å². The molecule has 5 heteroatoms. The minimum absolute atomic E-state index is 0.209. The molecule has 0 fully saturated rings. The fourth-order valence-electron chi connectivity index (χ4n) is 2.46. The number of aromatic amines is 1. The third kappa shape index (κ3) is 4.11. The molecule has 4 nitrogen and oxygen atoms in total. The van der Waals surface area contributed by atoms with E-state index in [4.69, 9.17) is 16.0 Å². The lowest BCUT2D eigenvalue weighted by Crippen LogP contribution is -2.18. The molecule has 0 aliphatic heterocycles. The third-order valence-electron chi connectivity index (χ3n) is 3.68. The lowest BCUT2D eigenvalue weighted by molar-refractivity contribution is 0.489. The van der Waals surface area contributed by atoms with Crippen LogP contribution < -0.4 is 5.32 Å². The van der Waals surface area contributed by atoms with Crippen LogP contribution in [0.3, 0.4) is 0 Å². The molecule has 0 spiro atoms. The third-order valence-corrected chi connectivity index (χ3v) is 3.99. The van der Waals surface area contributed by atoms with Crippen LogP contribution in [0.1, 0.15) is 61.3 Å². The first-order valence-corrected chi connectivity index (χ1v) is 7.92. The quantitative estimate of drug-likeness (QED) is 0.793. The molecule has 0 bridgehead atoms. The largest absolute Gasteiger partial charge is 0.466 e. The zero-order valence-corrected chi connectivity index (χ0v) is 14.0. The second kappa shape index (κ2) is 7.14. The molecule has 0 saturated heterocycles. The van der Waals surface area contributed by atoms with Crippen LogP contribution in [0.2, 0.25) is 5.15 Å². The molecule has 116 valence electrons. The van der Waals surface area contributed by atoms with E-state index in [9.17, 15) is 0 Å². The number of aryl methyl sites for hydroxylation is 3. The van der Waals surface area contributed by atoms with Crippen molar-refractivity contribution in [2.45, 2.75) is 59.5 Å². The topological polar surface area (TPSA) is 53.9 Å². The van der Waals surface area contributed by atoms with Gasteiger partial charge < -0.3 is 14.7 Å². The highest BCUT2D eigenvalue weighted by Gasteiger charge is 2.14. The molecule has 0 aliphatic rings. The van der Waals surface area contributed by atoms with Gasteiger partial charge in [0, 0.05) is 24.6 Å². The summed E-state index contributed by atoms with van der Waals surface area (Å²) in [5.74, 6) is 2.88. The predicted octanol–water partition coefficient (Wildman–Crippen LogP) is 4.47. The minimum Gasteiger partial charge on any atom is -0.466 e. The van der Waals surface area contributed by atoms with Crippen molar-refractivity contribution in [1.82, 2.24) is 15.3 Å². The Bertz CT molecular complexity index is 588. The van der Waals surface area contributed by atoms with Crippen LogP contribution in [-0.4, -0.2) is 9.97 Å². The summed E-state index contributed by atoms with van der Waals surface area (Å²) in [5, 5.41) is 4.03. The van der Waals surface area contributed by atoms with E-state index in [1.54, 1.807) is 0 Å². The van der Waals surface area contributed by atoms with Crippen LogP contribution in [0.5, 0.6) is 0 Å². The fourth-order valence-corrected chi connectivity index (χ4v) is 2.68. The number of rotatable bonds is 7. The van der Waals surface area contributed by atoms with E-state index in [1.807, 2.05) is 13.8 Å². The maximum atomic E-state index is 6.19. The molecule has 0 aromatic carbocycles. The molecule has 2 rings (SSSR count). The normalized spacial score (nSPS) is 12.8. The Hall–Kier alpha value is -1.26. The molecule has 2 aromatic heterocycles. The van der Waals surface area contributed by atoms with Gasteiger partial charge in [0.15, 0.2) is 5.15 Å². The molecule has 2 heterocycles. The van der Waals surface area contributed by atoms with Crippen molar-refractivity contribution in [1.29, 1.82) is 0 Å². The van der Waals surface area contributed by atoms with Gasteiger partial charge in [-0.15, -0.1) is 0 Å². The van der Waals surface area contributed by atoms with Crippen LogP contribution in [0.4, 0.5) is 0 Å². The number of nitrogens with zero attached hydrogens (tertiary/aromatic N) is 1. The summed E-state index contributed by atoms with van der Waals surface area (Å²) in [6.07, 6.45) is 3.23. The van der Waals surface area contributed by atoms with Gasteiger partial charge in [0.25, 0.3) is 0 Å². The SMILES string of the molecule is CCCCc1nc(Cl)c(CNC(C)c2cc(C)oc2C)[nH]1. The Morgan fingerprint density at radius 1 is 1.43 bits per heavy atom. The summed E-state index contributed by atoms with van der Waals surface area (Å²) in [6, 6.07) is 2.29. The summed E-state index contributed by atoms with van der Waals surface area (Å²) in [5.41, 5.74) is 2.14. The minimum atomic E-state index is 0.209. The van der Waals surface area contributed by atoms with E-state index < -0.39 is 0 Å². The van der Waals surface area contributed by atoms with Crippen molar-refractivity contribution >= 4 is 11.6 Å². The highest BCUT2D eigenvalue weighted by molar-refractivity contribution is 6.30. The highest BCUT2D eigenvalue weighted by atomic mass is 35.5. The first-order valence-electron chi connectivity index (χ1n) is 7.54. The number of H-pyrrole nitrogens is 1. The molecule has 2 N–H and O–H groups in total. The van der Waals surface area contributed by atoms with Crippen molar-refractivity contribution in [3.05, 3.63) is 39.8 Å². The first-order chi connectivity index (χ1) is 10.0. The lowest BCUT2D eigenvalue weighted by atomic mass is 10.1. The summed E-state index contributed by atoms with van der Waals surface area (Å²) >= 11 is 6.19. The van der Waals surface area contributed by atoms with Crippen molar-refractivity contribution in [3.8, 4) is 0 Å². The van der Waals surface area contributed by atoms with Crippen LogP contribution in [0.15, 0.2) is 10.5 Å². The maximum absolute atomic E-state index is 6.19. The average Bonchev–Trinajstić information content (AvgIpc) is 2.96. The molecular weight excluding hydrogens is 286 g/mol. The number of nitrogens with one attached hydrogen (secondary N) is 2. The number of hydrogen-bond acceptors (Lipinski definition) is 3. The van der Waals surface area contributed by atoms with Crippen LogP contribution in [0.25, 0.3) is 0 Å². The van der Waals surface area contributed by atoms with Gasteiger partial charge in [0.05, 0.1) is 5.69 Å². The average molecular weight is 310 g/mol. The number of hydrogen-bond donors (Lipinski definition) is 2. The van der Waals surface area contributed by atoms with Crippen molar-refractivity contribution in [2.24, 2.45) is 0 Å². The van der Waals surface area contributed by atoms with E-state index >= 15 is 0 Å². The molecule has 0 aliphatic carbocycles. The van der Waals surface area contributed by atoms with Gasteiger partial charge in [-0.2, -0.15) is 0 Å². The second-order valence-electron chi connectivity index (χ2n) is 5.53.